The van der Waals surface area contributed by atoms with Gasteiger partial charge in [0, 0.05) is 25.5 Å². The number of aromatic nitrogens is 1. The van der Waals surface area contributed by atoms with Crippen LogP contribution in [0.25, 0.3) is 0 Å². The summed E-state index contributed by atoms with van der Waals surface area (Å²) in [7, 11) is 0. The topological polar surface area (TPSA) is 36.4 Å². The van der Waals surface area contributed by atoms with Gasteiger partial charge in [-0.05, 0) is 36.2 Å². The highest BCUT2D eigenvalue weighted by Crippen LogP contribution is 2.16. The van der Waals surface area contributed by atoms with E-state index in [0.29, 0.717) is 6.54 Å². The van der Waals surface area contributed by atoms with Crippen molar-refractivity contribution in [2.24, 2.45) is 0 Å². The monoisotopic (exact) mass is 340 g/mol. The third-order valence-corrected chi connectivity index (χ3v) is 4.60. The van der Waals surface area contributed by atoms with Crippen molar-refractivity contribution in [1.29, 1.82) is 0 Å². The molecule has 0 saturated heterocycles. The highest BCUT2D eigenvalue weighted by Gasteiger charge is 2.14. The predicted octanol–water partition coefficient (Wildman–Crippen LogP) is 4.98. The van der Waals surface area contributed by atoms with E-state index in [-0.39, 0.29) is 0 Å². The fraction of sp³-hybridized carbons (Fsp3) is 0.500. The number of rotatable bonds is 12. The van der Waals surface area contributed by atoms with Crippen molar-refractivity contribution >= 4 is 0 Å². The van der Waals surface area contributed by atoms with Crippen LogP contribution in [-0.2, 0) is 6.54 Å². The highest BCUT2D eigenvalue weighted by atomic mass is 16.3. The minimum Gasteiger partial charge on any atom is -0.387 e. The second-order valence-electron chi connectivity index (χ2n) is 6.78. The summed E-state index contributed by atoms with van der Waals surface area (Å²) in [6.07, 6.45) is 10.8. The molecule has 1 unspecified atom stereocenters. The van der Waals surface area contributed by atoms with Gasteiger partial charge >= 0.3 is 0 Å². The van der Waals surface area contributed by atoms with Crippen molar-refractivity contribution in [1.82, 2.24) is 9.88 Å². The summed E-state index contributed by atoms with van der Waals surface area (Å²) in [4.78, 5) is 6.41. The molecule has 1 atom stereocenters. The zero-order valence-corrected chi connectivity index (χ0v) is 15.5. The van der Waals surface area contributed by atoms with Gasteiger partial charge in [-0.3, -0.25) is 9.88 Å². The van der Waals surface area contributed by atoms with Crippen molar-refractivity contribution in [3.8, 4) is 0 Å². The first-order chi connectivity index (χ1) is 12.3. The van der Waals surface area contributed by atoms with Crippen LogP contribution in [0.2, 0.25) is 0 Å². The van der Waals surface area contributed by atoms with Crippen LogP contribution in [0, 0.1) is 0 Å². The molecular weight excluding hydrogens is 308 g/mol. The Balaban J connectivity index is 1.87. The van der Waals surface area contributed by atoms with Crippen molar-refractivity contribution in [2.45, 2.75) is 58.1 Å². The molecule has 3 heteroatoms. The van der Waals surface area contributed by atoms with Gasteiger partial charge < -0.3 is 5.11 Å². The van der Waals surface area contributed by atoms with E-state index in [4.69, 9.17) is 0 Å². The molecule has 2 rings (SSSR count). The Bertz CT molecular complexity index is 559. The van der Waals surface area contributed by atoms with Crippen molar-refractivity contribution in [3.05, 3.63) is 66.0 Å². The fourth-order valence-corrected chi connectivity index (χ4v) is 3.13. The summed E-state index contributed by atoms with van der Waals surface area (Å²) in [6.45, 7) is 4.83. The van der Waals surface area contributed by atoms with Crippen LogP contribution in [0.1, 0.15) is 62.7 Å². The average molecular weight is 341 g/mol. The maximum Gasteiger partial charge on any atom is 0.0918 e. The molecule has 136 valence electrons. The third-order valence-electron chi connectivity index (χ3n) is 4.60. The normalized spacial score (nSPS) is 12.4. The quantitative estimate of drug-likeness (QED) is 0.554. The Labute approximate surface area is 152 Å². The number of pyridine rings is 1. The lowest BCUT2D eigenvalue weighted by Gasteiger charge is -2.25. The smallest absolute Gasteiger partial charge is 0.0918 e. The van der Waals surface area contributed by atoms with Crippen LogP contribution in [0.15, 0.2) is 54.9 Å². The van der Waals surface area contributed by atoms with Crippen LogP contribution in [0.5, 0.6) is 0 Å². The summed E-state index contributed by atoms with van der Waals surface area (Å²) in [5.41, 5.74) is 2.24. The number of hydrogen-bond acceptors (Lipinski definition) is 3. The molecule has 0 aliphatic heterocycles. The molecule has 0 bridgehead atoms. The van der Waals surface area contributed by atoms with Gasteiger partial charge in [0.05, 0.1) is 6.10 Å². The van der Waals surface area contributed by atoms with E-state index < -0.39 is 6.10 Å². The van der Waals surface area contributed by atoms with Gasteiger partial charge in [-0.2, -0.15) is 0 Å². The minimum atomic E-state index is -0.466. The third kappa shape index (κ3) is 7.80. The van der Waals surface area contributed by atoms with Crippen LogP contribution < -0.4 is 0 Å². The molecule has 1 aromatic carbocycles. The van der Waals surface area contributed by atoms with Gasteiger partial charge in [0.15, 0.2) is 0 Å². The molecule has 3 nitrogen and oxygen atoms in total. The van der Waals surface area contributed by atoms with Crippen LogP contribution in [0.4, 0.5) is 0 Å². The van der Waals surface area contributed by atoms with Gasteiger partial charge in [0.25, 0.3) is 0 Å². The number of aliphatic hydroxyl groups is 1. The van der Waals surface area contributed by atoms with E-state index >= 15 is 0 Å². The summed E-state index contributed by atoms with van der Waals surface area (Å²) in [6, 6.07) is 14.3. The number of unbranched alkanes of at least 4 members (excludes halogenated alkanes) is 5. The summed E-state index contributed by atoms with van der Waals surface area (Å²) >= 11 is 0. The number of hydrogen-bond donors (Lipinski definition) is 1. The number of benzene rings is 1. The Morgan fingerprint density at radius 2 is 1.60 bits per heavy atom. The second-order valence-corrected chi connectivity index (χ2v) is 6.78. The molecule has 0 aliphatic carbocycles. The molecule has 25 heavy (non-hydrogen) atoms. The van der Waals surface area contributed by atoms with Gasteiger partial charge in [-0.1, -0.05) is 69.4 Å². The number of aliphatic hydroxyl groups excluding tert-OH is 1. The molecule has 0 fully saturated rings. The van der Waals surface area contributed by atoms with Crippen molar-refractivity contribution in [2.75, 3.05) is 13.1 Å². The van der Waals surface area contributed by atoms with Gasteiger partial charge in [-0.15, -0.1) is 0 Å². The van der Waals surface area contributed by atoms with E-state index in [9.17, 15) is 5.11 Å². The van der Waals surface area contributed by atoms with Crippen LogP contribution >= 0.6 is 0 Å². The van der Waals surface area contributed by atoms with E-state index in [1.165, 1.54) is 44.1 Å². The first-order valence-corrected chi connectivity index (χ1v) is 9.64. The predicted molar refractivity (Wildman–Crippen MR) is 104 cm³/mol. The molecule has 1 aromatic heterocycles. The molecule has 1 heterocycles. The zero-order chi connectivity index (χ0) is 17.7. The maximum atomic E-state index is 10.6. The van der Waals surface area contributed by atoms with Crippen molar-refractivity contribution in [3.63, 3.8) is 0 Å². The highest BCUT2D eigenvalue weighted by molar-refractivity contribution is 5.16. The maximum absolute atomic E-state index is 10.6. The molecule has 0 radical (unpaired) electrons. The summed E-state index contributed by atoms with van der Waals surface area (Å²) < 4.78 is 0. The van der Waals surface area contributed by atoms with Crippen LogP contribution in [0.3, 0.4) is 0 Å². The molecule has 1 N–H and O–H groups in total. The van der Waals surface area contributed by atoms with Gasteiger partial charge in [0.2, 0.25) is 0 Å². The lowest BCUT2D eigenvalue weighted by molar-refractivity contribution is 0.107. The van der Waals surface area contributed by atoms with Crippen LogP contribution in [-0.4, -0.2) is 28.1 Å². The average Bonchev–Trinajstić information content (AvgIpc) is 2.66. The number of nitrogens with zero attached hydrogens (tertiary/aromatic N) is 2. The molecule has 0 aliphatic rings. The molecular formula is C22H32N2O. The van der Waals surface area contributed by atoms with E-state index in [1.807, 2.05) is 18.2 Å². The minimum absolute atomic E-state index is 0.466. The zero-order valence-electron chi connectivity index (χ0n) is 15.5. The first kappa shape index (κ1) is 19.6. The lowest BCUT2D eigenvalue weighted by atomic mass is 10.1. The molecule has 2 aromatic rings. The molecule has 0 saturated carbocycles. The Morgan fingerprint density at radius 1 is 0.920 bits per heavy atom. The Kier molecular flexibility index (Phi) is 9.24. The van der Waals surface area contributed by atoms with Crippen molar-refractivity contribution < 1.29 is 5.11 Å². The summed E-state index contributed by atoms with van der Waals surface area (Å²) in [5, 5.41) is 10.6. The standard InChI is InChI=1S/C22H32N2O/c1-2-3-4-5-6-10-17-24(18-20-11-8-7-9-12-20)19-22(25)21-13-15-23-16-14-21/h7-9,11-16,22,25H,2-6,10,17-19H2,1H3. The largest absolute Gasteiger partial charge is 0.387 e. The lowest BCUT2D eigenvalue weighted by Crippen LogP contribution is -2.29. The second kappa shape index (κ2) is 11.8. The molecule has 0 spiro atoms. The van der Waals surface area contributed by atoms with E-state index in [2.05, 4.69) is 41.1 Å². The Hall–Kier alpha value is -1.71. The SMILES string of the molecule is CCCCCCCCN(Cc1ccccc1)CC(O)c1ccncc1. The van der Waals surface area contributed by atoms with Gasteiger partial charge in [-0.25, -0.2) is 0 Å². The van der Waals surface area contributed by atoms with E-state index in [0.717, 1.165) is 18.7 Å². The summed E-state index contributed by atoms with van der Waals surface area (Å²) in [5.74, 6) is 0. The Morgan fingerprint density at radius 3 is 2.32 bits per heavy atom. The molecule has 0 amide bonds. The van der Waals surface area contributed by atoms with Gasteiger partial charge in [0.1, 0.15) is 0 Å². The first-order valence-electron chi connectivity index (χ1n) is 9.64. The van der Waals surface area contributed by atoms with E-state index in [1.54, 1.807) is 12.4 Å². The fourth-order valence-electron chi connectivity index (χ4n) is 3.13.